The third-order valence-corrected chi connectivity index (χ3v) is 1.19. The van der Waals surface area contributed by atoms with E-state index in [9.17, 15) is 0 Å². The van der Waals surface area contributed by atoms with Gasteiger partial charge in [0.1, 0.15) is 5.75 Å². The van der Waals surface area contributed by atoms with Crippen molar-refractivity contribution in [2.75, 3.05) is 0 Å². The van der Waals surface area contributed by atoms with Gasteiger partial charge in [-0.05, 0) is 12.1 Å². The van der Waals surface area contributed by atoms with Crippen molar-refractivity contribution in [3.8, 4) is 11.8 Å². The molecule has 0 aromatic heterocycles. The van der Waals surface area contributed by atoms with Gasteiger partial charge in [0.2, 0.25) is 5.88 Å². The molecule has 0 atom stereocenters. The summed E-state index contributed by atoms with van der Waals surface area (Å²) in [5, 5.41) is 8.23. The Morgan fingerprint density at radius 2 is 2.08 bits per heavy atom. The molecular formula is C9H8N2O. The van der Waals surface area contributed by atoms with E-state index in [2.05, 4.69) is 0 Å². The van der Waals surface area contributed by atoms with Crippen LogP contribution in [0.25, 0.3) is 0 Å². The first kappa shape index (κ1) is 8.15. The quantitative estimate of drug-likeness (QED) is 0.525. The van der Waals surface area contributed by atoms with Crippen LogP contribution in [-0.2, 0) is 0 Å². The van der Waals surface area contributed by atoms with E-state index in [0.717, 1.165) is 6.08 Å². The van der Waals surface area contributed by atoms with Gasteiger partial charge in [-0.15, -0.1) is 0 Å². The molecule has 3 nitrogen and oxygen atoms in total. The van der Waals surface area contributed by atoms with Crippen molar-refractivity contribution in [2.24, 2.45) is 5.73 Å². The van der Waals surface area contributed by atoms with Gasteiger partial charge in [-0.3, -0.25) is 0 Å². The number of para-hydroxylation sites is 1. The second-order valence-corrected chi connectivity index (χ2v) is 2.09. The number of nitrogens with two attached hydrogens (primary N) is 1. The number of hydrogen-bond acceptors (Lipinski definition) is 3. The highest BCUT2D eigenvalue weighted by atomic mass is 16.5. The summed E-state index contributed by atoms with van der Waals surface area (Å²) in [7, 11) is 0. The van der Waals surface area contributed by atoms with Crippen LogP contribution in [-0.4, -0.2) is 0 Å². The van der Waals surface area contributed by atoms with Crippen LogP contribution >= 0.6 is 0 Å². The molecule has 3 heteroatoms. The van der Waals surface area contributed by atoms with Crippen LogP contribution in [0.3, 0.4) is 0 Å². The van der Waals surface area contributed by atoms with E-state index in [1.54, 1.807) is 18.2 Å². The zero-order valence-corrected chi connectivity index (χ0v) is 6.40. The first-order chi connectivity index (χ1) is 5.83. The molecule has 0 spiro atoms. The molecule has 0 bridgehead atoms. The van der Waals surface area contributed by atoms with Crippen LogP contribution in [0.15, 0.2) is 42.3 Å². The fraction of sp³-hybridized carbons (Fsp3) is 0. The van der Waals surface area contributed by atoms with Crippen molar-refractivity contribution in [1.29, 1.82) is 5.26 Å². The van der Waals surface area contributed by atoms with Crippen LogP contribution in [0.4, 0.5) is 0 Å². The molecule has 0 heterocycles. The molecule has 1 aromatic rings. The maximum absolute atomic E-state index is 8.23. The monoisotopic (exact) mass is 160 g/mol. The van der Waals surface area contributed by atoms with Gasteiger partial charge in [0.05, 0.1) is 12.1 Å². The Hall–Kier alpha value is -1.95. The predicted molar refractivity (Wildman–Crippen MR) is 45.0 cm³/mol. The molecule has 1 rings (SSSR count). The Labute approximate surface area is 70.7 Å². The van der Waals surface area contributed by atoms with Gasteiger partial charge in [-0.1, -0.05) is 18.2 Å². The second kappa shape index (κ2) is 4.04. The Kier molecular flexibility index (Phi) is 2.74. The molecule has 0 unspecified atom stereocenters. The summed E-state index contributed by atoms with van der Waals surface area (Å²) in [5.74, 6) is 0.727. The van der Waals surface area contributed by atoms with E-state index in [4.69, 9.17) is 15.7 Å². The van der Waals surface area contributed by atoms with Crippen molar-refractivity contribution in [1.82, 2.24) is 0 Å². The lowest BCUT2D eigenvalue weighted by atomic mass is 10.3. The molecule has 0 amide bonds. The summed E-state index contributed by atoms with van der Waals surface area (Å²) in [6.45, 7) is 0. The third kappa shape index (κ3) is 2.35. The second-order valence-electron chi connectivity index (χ2n) is 2.09. The van der Waals surface area contributed by atoms with Crippen molar-refractivity contribution >= 4 is 0 Å². The smallest absolute Gasteiger partial charge is 0.201 e. The van der Waals surface area contributed by atoms with E-state index in [-0.39, 0.29) is 5.88 Å². The Morgan fingerprint density at radius 3 is 2.67 bits per heavy atom. The average molecular weight is 160 g/mol. The normalized spacial score (nSPS) is 10.4. The summed E-state index contributed by atoms with van der Waals surface area (Å²) < 4.78 is 5.07. The molecule has 0 saturated carbocycles. The Balaban J connectivity index is 2.66. The fourth-order valence-corrected chi connectivity index (χ4v) is 0.718. The standard InChI is InChI=1S/C9H8N2O/c10-7-6-9(11)12-8-4-2-1-3-5-8/h1-6H,11H2/b9-6-. The van der Waals surface area contributed by atoms with Crippen molar-refractivity contribution in [3.05, 3.63) is 42.3 Å². The summed E-state index contributed by atoms with van der Waals surface area (Å²) >= 11 is 0. The van der Waals surface area contributed by atoms with Crippen LogP contribution in [0.1, 0.15) is 0 Å². The molecule has 0 fully saturated rings. The van der Waals surface area contributed by atoms with Crippen LogP contribution in [0.5, 0.6) is 5.75 Å². The minimum Gasteiger partial charge on any atom is -0.441 e. The third-order valence-electron chi connectivity index (χ3n) is 1.19. The van der Waals surface area contributed by atoms with Gasteiger partial charge in [0.15, 0.2) is 0 Å². The highest BCUT2D eigenvalue weighted by Crippen LogP contribution is 2.09. The summed E-state index contributed by atoms with van der Waals surface area (Å²) in [5.41, 5.74) is 5.33. The molecule has 60 valence electrons. The van der Waals surface area contributed by atoms with Crippen molar-refractivity contribution in [3.63, 3.8) is 0 Å². The molecule has 0 aliphatic carbocycles. The van der Waals surface area contributed by atoms with Gasteiger partial charge >= 0.3 is 0 Å². The van der Waals surface area contributed by atoms with E-state index in [0.29, 0.717) is 5.75 Å². The fourth-order valence-electron chi connectivity index (χ4n) is 0.718. The van der Waals surface area contributed by atoms with Crippen LogP contribution < -0.4 is 10.5 Å². The summed E-state index contributed by atoms with van der Waals surface area (Å²) in [4.78, 5) is 0. The SMILES string of the molecule is N#C/C=C(/N)Oc1ccccc1. The summed E-state index contributed by atoms with van der Waals surface area (Å²) in [6, 6.07) is 10.8. The highest BCUT2D eigenvalue weighted by Gasteiger charge is 1.92. The number of benzene rings is 1. The molecule has 0 aliphatic rings. The maximum Gasteiger partial charge on any atom is 0.201 e. The van der Waals surface area contributed by atoms with E-state index >= 15 is 0 Å². The number of rotatable bonds is 2. The molecule has 0 saturated heterocycles. The number of nitriles is 1. The molecule has 1 aromatic carbocycles. The van der Waals surface area contributed by atoms with Crippen molar-refractivity contribution in [2.45, 2.75) is 0 Å². The maximum atomic E-state index is 8.23. The van der Waals surface area contributed by atoms with Crippen LogP contribution in [0.2, 0.25) is 0 Å². The molecule has 2 N–H and O–H groups in total. The van der Waals surface area contributed by atoms with Gasteiger partial charge in [0, 0.05) is 0 Å². The van der Waals surface area contributed by atoms with Crippen molar-refractivity contribution < 1.29 is 4.74 Å². The zero-order valence-electron chi connectivity index (χ0n) is 6.40. The first-order valence-corrected chi connectivity index (χ1v) is 3.41. The number of allylic oxidation sites excluding steroid dienone is 1. The lowest BCUT2D eigenvalue weighted by molar-refractivity contribution is 0.420. The molecule has 0 radical (unpaired) electrons. The van der Waals surface area contributed by atoms with Gasteiger partial charge in [-0.25, -0.2) is 0 Å². The minimum atomic E-state index is 0.101. The topological polar surface area (TPSA) is 59.0 Å². The van der Waals surface area contributed by atoms with Gasteiger partial charge < -0.3 is 10.5 Å². The number of ether oxygens (including phenoxy) is 1. The van der Waals surface area contributed by atoms with Gasteiger partial charge in [0.25, 0.3) is 0 Å². The molecular weight excluding hydrogens is 152 g/mol. The van der Waals surface area contributed by atoms with Crippen LogP contribution in [0, 0.1) is 11.3 Å². The predicted octanol–water partition coefficient (Wildman–Crippen LogP) is 1.39. The lowest BCUT2D eigenvalue weighted by Gasteiger charge is -2.02. The van der Waals surface area contributed by atoms with E-state index in [1.807, 2.05) is 18.2 Å². The van der Waals surface area contributed by atoms with E-state index in [1.165, 1.54) is 0 Å². The lowest BCUT2D eigenvalue weighted by Crippen LogP contribution is -2.04. The Bertz CT molecular complexity index is 311. The van der Waals surface area contributed by atoms with E-state index < -0.39 is 0 Å². The Morgan fingerprint density at radius 1 is 1.42 bits per heavy atom. The first-order valence-electron chi connectivity index (χ1n) is 3.41. The summed E-state index contributed by atoms with van der Waals surface area (Å²) in [6.07, 6.45) is 1.15. The highest BCUT2D eigenvalue weighted by molar-refractivity contribution is 5.23. The average Bonchev–Trinajstić information content (AvgIpc) is 2.06. The largest absolute Gasteiger partial charge is 0.441 e. The molecule has 12 heavy (non-hydrogen) atoms. The number of hydrogen-bond donors (Lipinski definition) is 1. The number of nitrogens with zero attached hydrogens (tertiary/aromatic N) is 1. The minimum absolute atomic E-state index is 0.101. The van der Waals surface area contributed by atoms with Gasteiger partial charge in [-0.2, -0.15) is 5.26 Å². The molecule has 0 aliphatic heterocycles. The zero-order chi connectivity index (χ0) is 8.81.